The van der Waals surface area contributed by atoms with Crippen LogP contribution in [0.3, 0.4) is 0 Å². The number of amides is 1. The molecule has 4 fully saturated rings. The summed E-state index contributed by atoms with van der Waals surface area (Å²) in [5.41, 5.74) is 6.68. The van der Waals surface area contributed by atoms with Crippen LogP contribution in [0.15, 0.2) is 28.1 Å². The number of hydrogen-bond donors (Lipinski definition) is 2. The maximum atomic E-state index is 13.0. The van der Waals surface area contributed by atoms with E-state index in [4.69, 9.17) is 0 Å². The first-order valence-electron chi connectivity index (χ1n) is 11.1. The Hall–Kier alpha value is -2.63. The van der Waals surface area contributed by atoms with Crippen molar-refractivity contribution in [1.29, 1.82) is 0 Å². The summed E-state index contributed by atoms with van der Waals surface area (Å²) < 4.78 is 1.53. The van der Waals surface area contributed by atoms with Gasteiger partial charge < -0.3 is 0 Å². The van der Waals surface area contributed by atoms with Crippen LogP contribution in [-0.4, -0.2) is 21.9 Å². The third kappa shape index (κ3) is 3.13. The highest BCUT2D eigenvalue weighted by atomic mass is 16.2. The molecule has 0 radical (unpaired) electrons. The Balaban J connectivity index is 1.34. The summed E-state index contributed by atoms with van der Waals surface area (Å²) in [5, 5.41) is 7.32. The van der Waals surface area contributed by atoms with Gasteiger partial charge in [0.15, 0.2) is 0 Å². The predicted molar refractivity (Wildman–Crippen MR) is 117 cm³/mol. The van der Waals surface area contributed by atoms with Gasteiger partial charge in [-0.15, -0.1) is 0 Å². The number of rotatable bonds is 4. The van der Waals surface area contributed by atoms with Gasteiger partial charge in [0.25, 0.3) is 5.56 Å². The lowest BCUT2D eigenvalue weighted by atomic mass is 9.49. The lowest BCUT2D eigenvalue weighted by Gasteiger charge is -2.55. The molecule has 4 bridgehead atoms. The molecule has 2 N–H and O–H groups in total. The summed E-state index contributed by atoms with van der Waals surface area (Å²) in [7, 11) is 0. The molecule has 1 amide bonds. The number of carbonyl (C=O) groups excluding carboxylic acids is 1. The van der Waals surface area contributed by atoms with Crippen molar-refractivity contribution < 1.29 is 4.79 Å². The van der Waals surface area contributed by atoms with Crippen LogP contribution in [-0.2, 0) is 4.79 Å². The Morgan fingerprint density at radius 2 is 1.73 bits per heavy atom. The van der Waals surface area contributed by atoms with Crippen molar-refractivity contribution in [3.8, 4) is 5.69 Å². The molecule has 0 atom stereocenters. The fourth-order valence-electron chi connectivity index (χ4n) is 6.42. The number of aryl methyl sites for hydroxylation is 3. The van der Waals surface area contributed by atoms with Gasteiger partial charge in [-0.05, 0) is 100 Å². The molecule has 4 aliphatic rings. The summed E-state index contributed by atoms with van der Waals surface area (Å²) in [5.74, 6) is 2.18. The van der Waals surface area contributed by atoms with E-state index in [9.17, 15) is 9.59 Å². The molecule has 2 aromatic rings. The van der Waals surface area contributed by atoms with Gasteiger partial charge in [-0.1, -0.05) is 6.07 Å². The van der Waals surface area contributed by atoms with E-state index in [1.165, 1.54) is 35.7 Å². The minimum absolute atomic E-state index is 0.0422. The number of carbonyl (C=O) groups is 1. The third-order valence-corrected chi connectivity index (χ3v) is 7.75. The molecule has 30 heavy (non-hydrogen) atoms. The second-order valence-corrected chi connectivity index (χ2v) is 9.96. The molecule has 1 aromatic heterocycles. The zero-order chi connectivity index (χ0) is 21.0. The molecule has 1 aromatic carbocycles. The first kappa shape index (κ1) is 19.3. The Morgan fingerprint density at radius 1 is 1.10 bits per heavy atom. The maximum Gasteiger partial charge on any atom is 0.280 e. The highest BCUT2D eigenvalue weighted by molar-refractivity contribution is 5.86. The molecule has 0 spiro atoms. The highest BCUT2D eigenvalue weighted by Crippen LogP contribution is 2.60. The second kappa shape index (κ2) is 6.96. The summed E-state index contributed by atoms with van der Waals surface area (Å²) >= 11 is 0. The Bertz CT molecular complexity index is 1060. The van der Waals surface area contributed by atoms with Crippen molar-refractivity contribution in [3.05, 3.63) is 50.9 Å². The van der Waals surface area contributed by atoms with Gasteiger partial charge in [-0.25, -0.2) is 10.1 Å². The second-order valence-electron chi connectivity index (χ2n) is 9.96. The van der Waals surface area contributed by atoms with Crippen molar-refractivity contribution in [1.82, 2.24) is 15.2 Å². The van der Waals surface area contributed by atoms with Gasteiger partial charge >= 0.3 is 0 Å². The topological polar surface area (TPSA) is 79.2 Å². The van der Waals surface area contributed by atoms with Crippen molar-refractivity contribution in [3.63, 3.8) is 0 Å². The largest absolute Gasteiger partial charge is 0.295 e. The first-order valence-corrected chi connectivity index (χ1v) is 11.1. The molecule has 6 nitrogen and oxygen atoms in total. The number of hydrogen-bond acceptors (Lipinski definition) is 3. The number of aromatic amines is 1. The summed E-state index contributed by atoms with van der Waals surface area (Å²) in [6, 6.07) is 5.92. The summed E-state index contributed by atoms with van der Waals surface area (Å²) in [6.45, 7) is 5.93. The van der Waals surface area contributed by atoms with Crippen LogP contribution in [0.4, 0.5) is 0 Å². The van der Waals surface area contributed by atoms with Crippen LogP contribution in [0, 0.1) is 43.9 Å². The Labute approximate surface area is 176 Å². The van der Waals surface area contributed by atoms with Crippen LogP contribution < -0.4 is 11.0 Å². The van der Waals surface area contributed by atoms with Crippen molar-refractivity contribution in [2.45, 2.75) is 59.3 Å². The monoisotopic (exact) mass is 406 g/mol. The lowest BCUT2D eigenvalue weighted by Crippen LogP contribution is -2.52. The number of nitrogens with one attached hydrogen (secondary N) is 2. The van der Waals surface area contributed by atoms with E-state index in [1.54, 1.807) is 0 Å². The summed E-state index contributed by atoms with van der Waals surface area (Å²) in [6.07, 6.45) is 8.41. The number of aromatic nitrogens is 2. The third-order valence-electron chi connectivity index (χ3n) is 7.75. The zero-order valence-corrected chi connectivity index (χ0v) is 18.0. The summed E-state index contributed by atoms with van der Waals surface area (Å²) in [4.78, 5) is 25.9. The predicted octanol–water partition coefficient (Wildman–Crippen LogP) is 3.76. The smallest absolute Gasteiger partial charge is 0.280 e. The van der Waals surface area contributed by atoms with E-state index in [0.29, 0.717) is 23.3 Å². The van der Waals surface area contributed by atoms with Gasteiger partial charge in [0, 0.05) is 5.69 Å². The first-order chi connectivity index (χ1) is 14.3. The number of benzene rings is 1. The molecule has 4 aliphatic carbocycles. The molecule has 0 unspecified atom stereocenters. The molecule has 1 heterocycles. The van der Waals surface area contributed by atoms with E-state index < -0.39 is 0 Å². The van der Waals surface area contributed by atoms with Crippen molar-refractivity contribution in [2.24, 2.45) is 28.3 Å². The van der Waals surface area contributed by atoms with Crippen LogP contribution in [0.25, 0.3) is 5.69 Å². The molecule has 4 saturated carbocycles. The van der Waals surface area contributed by atoms with E-state index in [0.717, 1.165) is 36.2 Å². The maximum absolute atomic E-state index is 13.0. The van der Waals surface area contributed by atoms with Crippen LogP contribution in [0.2, 0.25) is 0 Å². The molecule has 158 valence electrons. The molecular formula is C24H30N4O2. The fourth-order valence-corrected chi connectivity index (χ4v) is 6.42. The molecule has 0 aliphatic heterocycles. The van der Waals surface area contributed by atoms with E-state index in [1.807, 2.05) is 39.0 Å². The molecule has 0 saturated heterocycles. The van der Waals surface area contributed by atoms with Gasteiger partial charge in [-0.3, -0.25) is 14.7 Å². The zero-order valence-electron chi connectivity index (χ0n) is 18.0. The molecular weight excluding hydrogens is 376 g/mol. The number of hydrazone groups is 1. The van der Waals surface area contributed by atoms with Gasteiger partial charge in [0.2, 0.25) is 5.91 Å². The van der Waals surface area contributed by atoms with Crippen molar-refractivity contribution in [2.75, 3.05) is 0 Å². The SMILES string of the molecule is Cc1ccc(-n2[nH]c(C)c(/C=N/NC(=O)C34CC5CC(CC(C5)C3)C4)c2=O)cc1C. The van der Waals surface area contributed by atoms with Gasteiger partial charge in [0.05, 0.1) is 22.9 Å². The van der Waals surface area contributed by atoms with Crippen LogP contribution in [0.1, 0.15) is 60.9 Å². The van der Waals surface area contributed by atoms with Crippen molar-refractivity contribution >= 4 is 12.1 Å². The normalized spacial score (nSPS) is 29.6. The molecule has 6 rings (SSSR count). The average Bonchev–Trinajstić information content (AvgIpc) is 2.97. The van der Waals surface area contributed by atoms with Gasteiger partial charge in [-0.2, -0.15) is 5.10 Å². The van der Waals surface area contributed by atoms with E-state index in [-0.39, 0.29) is 16.9 Å². The Morgan fingerprint density at radius 3 is 2.33 bits per heavy atom. The molecule has 6 heteroatoms. The minimum atomic E-state index is -0.237. The van der Waals surface area contributed by atoms with Crippen LogP contribution in [0.5, 0.6) is 0 Å². The van der Waals surface area contributed by atoms with E-state index >= 15 is 0 Å². The fraction of sp³-hybridized carbons (Fsp3) is 0.542. The van der Waals surface area contributed by atoms with Gasteiger partial charge in [0.1, 0.15) is 0 Å². The Kier molecular flexibility index (Phi) is 4.49. The number of H-pyrrole nitrogens is 1. The standard InChI is InChI=1S/C24H30N4O2/c1-14-4-5-20(6-15(14)2)28-22(29)21(16(3)27-28)13-25-26-23(30)24-10-17-7-18(11-24)9-19(8-17)12-24/h4-6,13,17-19,27H,7-12H2,1-3H3,(H,26,30)/b25-13+. The lowest BCUT2D eigenvalue weighted by molar-refractivity contribution is -0.146. The number of nitrogens with zero attached hydrogens (tertiary/aromatic N) is 2. The average molecular weight is 407 g/mol. The van der Waals surface area contributed by atoms with Crippen LogP contribution >= 0.6 is 0 Å². The quantitative estimate of drug-likeness (QED) is 0.599. The van der Waals surface area contributed by atoms with E-state index in [2.05, 4.69) is 15.6 Å². The minimum Gasteiger partial charge on any atom is -0.295 e. The highest BCUT2D eigenvalue weighted by Gasteiger charge is 2.54.